The van der Waals surface area contributed by atoms with Crippen LogP contribution in [-0.2, 0) is 5.54 Å². The van der Waals surface area contributed by atoms with Crippen molar-refractivity contribution in [3.05, 3.63) is 28.0 Å². The third kappa shape index (κ3) is 2.01. The van der Waals surface area contributed by atoms with Gasteiger partial charge in [-0.1, -0.05) is 15.9 Å². The lowest BCUT2D eigenvalue weighted by Gasteiger charge is -2.24. The average Bonchev–Trinajstić information content (AvgIpc) is 2.59. The molecule has 0 saturated heterocycles. The Morgan fingerprint density at radius 2 is 1.94 bits per heavy atom. The predicted octanol–water partition coefficient (Wildman–Crippen LogP) is 3.37. The van der Waals surface area contributed by atoms with E-state index < -0.39 is 11.7 Å². The first-order valence-electron chi connectivity index (χ1n) is 5.15. The van der Waals surface area contributed by atoms with Crippen molar-refractivity contribution in [3.8, 4) is 0 Å². The molecular formula is C11H11BrF3N3. The maximum atomic E-state index is 12.8. The van der Waals surface area contributed by atoms with E-state index in [2.05, 4.69) is 25.9 Å². The Morgan fingerprint density at radius 3 is 2.50 bits per heavy atom. The summed E-state index contributed by atoms with van der Waals surface area (Å²) in [7, 11) is 0. The number of imidazole rings is 1. The zero-order valence-electron chi connectivity index (χ0n) is 9.69. The van der Waals surface area contributed by atoms with Gasteiger partial charge in [-0.3, -0.25) is 0 Å². The standard InChI is InChI=1S/C11H11BrF3N3/c1-5-3-6(12)4-7-8(5)18-9(17-7)10(2,16)11(13,14)15/h3-4H,16H2,1-2H3,(H,17,18). The molecule has 0 bridgehead atoms. The van der Waals surface area contributed by atoms with Crippen LogP contribution >= 0.6 is 15.9 Å². The fraction of sp³-hybridized carbons (Fsp3) is 0.364. The highest BCUT2D eigenvalue weighted by atomic mass is 79.9. The lowest BCUT2D eigenvalue weighted by Crippen LogP contribution is -2.48. The minimum absolute atomic E-state index is 0.286. The number of halogens is 4. The number of nitrogens with one attached hydrogen (secondary N) is 1. The third-order valence-corrected chi connectivity index (χ3v) is 3.28. The van der Waals surface area contributed by atoms with Crippen molar-refractivity contribution in [1.82, 2.24) is 9.97 Å². The molecule has 0 aliphatic heterocycles. The van der Waals surface area contributed by atoms with Gasteiger partial charge in [-0.15, -0.1) is 0 Å². The molecule has 0 saturated carbocycles. The number of aromatic nitrogens is 2. The van der Waals surface area contributed by atoms with Gasteiger partial charge in [0.15, 0.2) is 5.54 Å². The lowest BCUT2D eigenvalue weighted by atomic mass is 10.0. The first-order valence-corrected chi connectivity index (χ1v) is 5.94. The van der Waals surface area contributed by atoms with Crippen LogP contribution < -0.4 is 5.73 Å². The van der Waals surface area contributed by atoms with E-state index in [1.165, 1.54) is 0 Å². The summed E-state index contributed by atoms with van der Waals surface area (Å²) in [6, 6.07) is 3.46. The monoisotopic (exact) mass is 321 g/mol. The van der Waals surface area contributed by atoms with Gasteiger partial charge in [-0.2, -0.15) is 13.2 Å². The number of fused-ring (bicyclic) bond motifs is 1. The number of H-pyrrole nitrogens is 1. The number of hydrogen-bond donors (Lipinski definition) is 2. The summed E-state index contributed by atoms with van der Waals surface area (Å²) in [5.74, 6) is -0.286. The van der Waals surface area contributed by atoms with E-state index in [1.54, 1.807) is 19.1 Å². The van der Waals surface area contributed by atoms with E-state index >= 15 is 0 Å². The van der Waals surface area contributed by atoms with Crippen molar-refractivity contribution in [3.63, 3.8) is 0 Å². The molecule has 0 fully saturated rings. The van der Waals surface area contributed by atoms with Gasteiger partial charge in [0.05, 0.1) is 11.0 Å². The molecule has 0 amide bonds. The van der Waals surface area contributed by atoms with Crippen LogP contribution in [0.1, 0.15) is 18.3 Å². The van der Waals surface area contributed by atoms with E-state index in [-0.39, 0.29) is 5.82 Å². The predicted molar refractivity (Wildman–Crippen MR) is 66.1 cm³/mol. The molecule has 1 atom stereocenters. The Morgan fingerprint density at radius 1 is 1.33 bits per heavy atom. The summed E-state index contributed by atoms with van der Waals surface area (Å²) in [6.45, 7) is 2.67. The zero-order chi connectivity index (χ0) is 13.7. The summed E-state index contributed by atoms with van der Waals surface area (Å²) in [6.07, 6.45) is -4.56. The van der Waals surface area contributed by atoms with E-state index in [1.807, 2.05) is 0 Å². The van der Waals surface area contributed by atoms with Gasteiger partial charge in [-0.05, 0) is 31.5 Å². The number of hydrogen-bond acceptors (Lipinski definition) is 2. The van der Waals surface area contributed by atoms with Crippen LogP contribution in [0.25, 0.3) is 11.0 Å². The topological polar surface area (TPSA) is 54.7 Å². The zero-order valence-corrected chi connectivity index (χ0v) is 11.3. The molecule has 0 aliphatic rings. The van der Waals surface area contributed by atoms with Gasteiger partial charge in [0.2, 0.25) is 0 Å². The summed E-state index contributed by atoms with van der Waals surface area (Å²) in [5.41, 5.74) is 4.64. The van der Waals surface area contributed by atoms with Crippen LogP contribution in [0.3, 0.4) is 0 Å². The minimum atomic E-state index is -4.56. The molecule has 1 unspecified atom stereocenters. The molecule has 18 heavy (non-hydrogen) atoms. The number of nitrogens with zero attached hydrogens (tertiary/aromatic N) is 1. The molecular weight excluding hydrogens is 311 g/mol. The second-order valence-corrected chi connectivity index (χ2v) is 5.32. The molecule has 2 aromatic rings. The highest BCUT2D eigenvalue weighted by molar-refractivity contribution is 9.10. The molecule has 1 aromatic heterocycles. The van der Waals surface area contributed by atoms with Gasteiger partial charge in [-0.25, -0.2) is 4.98 Å². The second kappa shape index (κ2) is 3.96. The Kier molecular flexibility index (Phi) is 2.94. The van der Waals surface area contributed by atoms with Crippen LogP contribution in [0.15, 0.2) is 16.6 Å². The molecule has 0 spiro atoms. The SMILES string of the molecule is Cc1cc(Br)cc2[nH]c(C(C)(N)C(F)(F)F)nc12. The van der Waals surface area contributed by atoms with Crippen molar-refractivity contribution < 1.29 is 13.2 Å². The Labute approximate surface area is 110 Å². The van der Waals surface area contributed by atoms with Crippen molar-refractivity contribution in [2.75, 3.05) is 0 Å². The molecule has 3 nitrogen and oxygen atoms in total. The normalized spacial score (nSPS) is 15.9. The fourth-order valence-electron chi connectivity index (χ4n) is 1.63. The molecule has 7 heteroatoms. The van der Waals surface area contributed by atoms with Gasteiger partial charge >= 0.3 is 6.18 Å². The van der Waals surface area contributed by atoms with E-state index in [0.717, 1.165) is 17.0 Å². The maximum absolute atomic E-state index is 12.8. The first kappa shape index (κ1) is 13.4. The Hall–Kier alpha value is -1.08. The largest absolute Gasteiger partial charge is 0.413 e. The van der Waals surface area contributed by atoms with Gasteiger partial charge in [0.1, 0.15) is 5.82 Å². The Bertz CT molecular complexity index is 601. The smallest absolute Gasteiger partial charge is 0.340 e. The summed E-state index contributed by atoms with van der Waals surface area (Å²) >= 11 is 3.28. The quantitative estimate of drug-likeness (QED) is 0.846. The van der Waals surface area contributed by atoms with Crippen molar-refractivity contribution in [2.24, 2.45) is 5.73 Å². The van der Waals surface area contributed by atoms with Gasteiger partial charge in [0.25, 0.3) is 0 Å². The molecule has 2 rings (SSSR count). The van der Waals surface area contributed by atoms with Gasteiger partial charge < -0.3 is 10.7 Å². The van der Waals surface area contributed by atoms with Crippen LogP contribution in [0.5, 0.6) is 0 Å². The summed E-state index contributed by atoms with van der Waals surface area (Å²) in [5, 5.41) is 0. The first-order chi connectivity index (χ1) is 8.13. The molecule has 98 valence electrons. The maximum Gasteiger partial charge on any atom is 0.413 e. The number of nitrogens with two attached hydrogens (primary N) is 1. The van der Waals surface area contributed by atoms with Crippen molar-refractivity contribution >= 4 is 27.0 Å². The van der Waals surface area contributed by atoms with Gasteiger partial charge in [0, 0.05) is 4.47 Å². The molecule has 0 aliphatic carbocycles. The van der Waals surface area contributed by atoms with Crippen molar-refractivity contribution in [1.29, 1.82) is 0 Å². The third-order valence-electron chi connectivity index (χ3n) is 2.82. The van der Waals surface area contributed by atoms with Crippen LogP contribution in [0.4, 0.5) is 13.2 Å². The fourth-order valence-corrected chi connectivity index (χ4v) is 2.20. The van der Waals surface area contributed by atoms with Crippen LogP contribution in [0.2, 0.25) is 0 Å². The highest BCUT2D eigenvalue weighted by Crippen LogP contribution is 2.36. The molecule has 1 heterocycles. The summed E-state index contributed by atoms with van der Waals surface area (Å²) < 4.78 is 39.3. The number of aromatic amines is 1. The second-order valence-electron chi connectivity index (χ2n) is 4.40. The molecule has 1 aromatic carbocycles. The average molecular weight is 322 g/mol. The van der Waals surface area contributed by atoms with E-state index in [9.17, 15) is 13.2 Å². The number of rotatable bonds is 1. The van der Waals surface area contributed by atoms with Crippen molar-refractivity contribution in [2.45, 2.75) is 25.6 Å². The Balaban J connectivity index is 2.65. The highest BCUT2D eigenvalue weighted by Gasteiger charge is 2.51. The number of aryl methyl sites for hydroxylation is 1. The summed E-state index contributed by atoms with van der Waals surface area (Å²) in [4.78, 5) is 6.61. The minimum Gasteiger partial charge on any atom is -0.340 e. The van der Waals surface area contributed by atoms with E-state index in [4.69, 9.17) is 5.73 Å². The number of alkyl halides is 3. The molecule has 3 N–H and O–H groups in total. The van der Waals surface area contributed by atoms with E-state index in [0.29, 0.717) is 11.0 Å². The molecule has 0 radical (unpaired) electrons. The lowest BCUT2D eigenvalue weighted by molar-refractivity contribution is -0.186. The van der Waals surface area contributed by atoms with Crippen LogP contribution in [0, 0.1) is 6.92 Å². The van der Waals surface area contributed by atoms with Crippen LogP contribution in [-0.4, -0.2) is 16.1 Å². The number of benzene rings is 1.